The fourth-order valence-electron chi connectivity index (χ4n) is 2.58. The number of hydrogen-bond donors (Lipinski definition) is 1. The Balaban J connectivity index is 1.91. The lowest BCUT2D eigenvalue weighted by Crippen LogP contribution is -2.39. The van der Waals surface area contributed by atoms with E-state index < -0.39 is 0 Å². The standard InChI is InChI=1S/C15H25N3/c1-3-14-8-11-18(10-5-9-16-14)12-15-7-4-6-13(2)17-15/h4,6-7,14,16H,3,5,8-12H2,1-2H3. The maximum Gasteiger partial charge on any atom is 0.0547 e. The van der Waals surface area contributed by atoms with Crippen molar-refractivity contribution >= 4 is 0 Å². The van der Waals surface area contributed by atoms with Gasteiger partial charge in [-0.25, -0.2) is 0 Å². The summed E-state index contributed by atoms with van der Waals surface area (Å²) < 4.78 is 0. The van der Waals surface area contributed by atoms with Crippen molar-refractivity contribution in [3.05, 3.63) is 29.6 Å². The number of aromatic nitrogens is 1. The zero-order valence-electron chi connectivity index (χ0n) is 11.7. The molecule has 2 rings (SSSR count). The van der Waals surface area contributed by atoms with E-state index in [0.29, 0.717) is 6.04 Å². The van der Waals surface area contributed by atoms with E-state index in [1.54, 1.807) is 0 Å². The van der Waals surface area contributed by atoms with E-state index in [4.69, 9.17) is 0 Å². The largest absolute Gasteiger partial charge is 0.314 e. The van der Waals surface area contributed by atoms with Crippen molar-refractivity contribution in [2.75, 3.05) is 19.6 Å². The summed E-state index contributed by atoms with van der Waals surface area (Å²) >= 11 is 0. The maximum absolute atomic E-state index is 4.60. The van der Waals surface area contributed by atoms with Crippen molar-refractivity contribution in [1.29, 1.82) is 0 Å². The average molecular weight is 247 g/mol. The Hall–Kier alpha value is -0.930. The fourth-order valence-corrected chi connectivity index (χ4v) is 2.58. The molecule has 0 aliphatic carbocycles. The number of nitrogens with one attached hydrogen (secondary N) is 1. The van der Waals surface area contributed by atoms with Crippen LogP contribution in [0.5, 0.6) is 0 Å². The topological polar surface area (TPSA) is 28.2 Å². The minimum absolute atomic E-state index is 0.693. The molecule has 1 N–H and O–H groups in total. The van der Waals surface area contributed by atoms with Crippen LogP contribution in [0, 0.1) is 6.92 Å². The van der Waals surface area contributed by atoms with E-state index in [0.717, 1.165) is 18.8 Å². The van der Waals surface area contributed by atoms with Crippen molar-refractivity contribution in [3.63, 3.8) is 0 Å². The number of aryl methyl sites for hydroxylation is 1. The van der Waals surface area contributed by atoms with Gasteiger partial charge in [-0.3, -0.25) is 9.88 Å². The summed E-state index contributed by atoms with van der Waals surface area (Å²) in [6, 6.07) is 7.01. The van der Waals surface area contributed by atoms with Crippen LogP contribution in [-0.4, -0.2) is 35.6 Å². The van der Waals surface area contributed by atoms with Crippen LogP contribution in [0.2, 0.25) is 0 Å². The van der Waals surface area contributed by atoms with E-state index in [1.165, 1.54) is 38.0 Å². The zero-order chi connectivity index (χ0) is 12.8. The molecule has 0 radical (unpaired) electrons. The average Bonchev–Trinajstić information content (AvgIpc) is 2.33. The molecule has 1 aromatic rings. The molecule has 1 fully saturated rings. The molecule has 18 heavy (non-hydrogen) atoms. The third kappa shape index (κ3) is 4.07. The van der Waals surface area contributed by atoms with Crippen LogP contribution in [-0.2, 0) is 6.54 Å². The van der Waals surface area contributed by atoms with Crippen LogP contribution in [0.4, 0.5) is 0 Å². The molecule has 0 aromatic carbocycles. The molecule has 1 aromatic heterocycles. The second-order valence-electron chi connectivity index (χ2n) is 5.25. The molecule has 0 bridgehead atoms. The van der Waals surface area contributed by atoms with Crippen LogP contribution in [0.1, 0.15) is 37.6 Å². The Labute approximate surface area is 111 Å². The molecule has 2 heterocycles. The Kier molecular flexibility index (Phi) is 5.14. The second-order valence-corrected chi connectivity index (χ2v) is 5.25. The molecule has 0 saturated carbocycles. The van der Waals surface area contributed by atoms with Gasteiger partial charge in [0.1, 0.15) is 0 Å². The van der Waals surface area contributed by atoms with Crippen molar-refractivity contribution in [2.45, 2.75) is 45.7 Å². The molecule has 1 unspecified atom stereocenters. The molecule has 100 valence electrons. The molecule has 3 heteroatoms. The first-order valence-electron chi connectivity index (χ1n) is 7.16. The maximum atomic E-state index is 4.60. The molecule has 1 aliphatic heterocycles. The Bertz CT molecular complexity index is 365. The number of rotatable bonds is 3. The van der Waals surface area contributed by atoms with Crippen molar-refractivity contribution in [3.8, 4) is 0 Å². The predicted octanol–water partition coefficient (Wildman–Crippen LogP) is 2.35. The number of pyridine rings is 1. The van der Waals surface area contributed by atoms with Crippen molar-refractivity contribution in [1.82, 2.24) is 15.2 Å². The highest BCUT2D eigenvalue weighted by Gasteiger charge is 2.14. The van der Waals surface area contributed by atoms with Gasteiger partial charge in [-0.05, 0) is 51.4 Å². The lowest BCUT2D eigenvalue weighted by Gasteiger charge is -2.28. The molecular formula is C15H25N3. The SMILES string of the molecule is CCC1CCN(Cc2cccc(C)n2)CCCN1. The van der Waals surface area contributed by atoms with Gasteiger partial charge in [0.25, 0.3) is 0 Å². The summed E-state index contributed by atoms with van der Waals surface area (Å²) in [6.45, 7) is 8.84. The Morgan fingerprint density at radius 3 is 3.06 bits per heavy atom. The molecular weight excluding hydrogens is 222 g/mol. The van der Waals surface area contributed by atoms with Gasteiger partial charge in [-0.15, -0.1) is 0 Å². The van der Waals surface area contributed by atoms with Gasteiger partial charge < -0.3 is 5.32 Å². The minimum atomic E-state index is 0.693. The Morgan fingerprint density at radius 2 is 2.28 bits per heavy atom. The van der Waals surface area contributed by atoms with Gasteiger partial charge in [0.05, 0.1) is 5.69 Å². The monoisotopic (exact) mass is 247 g/mol. The highest BCUT2D eigenvalue weighted by atomic mass is 15.1. The lowest BCUT2D eigenvalue weighted by atomic mass is 10.1. The van der Waals surface area contributed by atoms with Gasteiger partial charge in [0.2, 0.25) is 0 Å². The van der Waals surface area contributed by atoms with Gasteiger partial charge >= 0.3 is 0 Å². The lowest BCUT2D eigenvalue weighted by molar-refractivity contribution is 0.222. The first kappa shape index (κ1) is 13.5. The van der Waals surface area contributed by atoms with Crippen LogP contribution < -0.4 is 5.32 Å². The highest BCUT2D eigenvalue weighted by Crippen LogP contribution is 2.09. The summed E-state index contributed by atoms with van der Waals surface area (Å²) in [6.07, 6.45) is 3.72. The summed E-state index contributed by atoms with van der Waals surface area (Å²) in [5.74, 6) is 0. The fraction of sp³-hybridized carbons (Fsp3) is 0.667. The van der Waals surface area contributed by atoms with Crippen LogP contribution in [0.3, 0.4) is 0 Å². The first-order chi connectivity index (χ1) is 8.78. The summed E-state index contributed by atoms with van der Waals surface area (Å²) in [5, 5.41) is 3.62. The van der Waals surface area contributed by atoms with E-state index in [2.05, 4.69) is 47.2 Å². The normalized spacial score (nSPS) is 22.4. The summed E-state index contributed by atoms with van der Waals surface area (Å²) in [5.41, 5.74) is 2.32. The number of nitrogens with zero attached hydrogens (tertiary/aromatic N) is 2. The van der Waals surface area contributed by atoms with Gasteiger partial charge in [-0.1, -0.05) is 13.0 Å². The van der Waals surface area contributed by atoms with Gasteiger partial charge in [0.15, 0.2) is 0 Å². The molecule has 0 amide bonds. The van der Waals surface area contributed by atoms with E-state index in [9.17, 15) is 0 Å². The van der Waals surface area contributed by atoms with Crippen LogP contribution in [0.15, 0.2) is 18.2 Å². The predicted molar refractivity (Wildman–Crippen MR) is 75.6 cm³/mol. The molecule has 1 atom stereocenters. The van der Waals surface area contributed by atoms with E-state index in [1.807, 2.05) is 0 Å². The first-order valence-corrected chi connectivity index (χ1v) is 7.16. The smallest absolute Gasteiger partial charge is 0.0547 e. The van der Waals surface area contributed by atoms with Crippen molar-refractivity contribution in [2.24, 2.45) is 0 Å². The second kappa shape index (κ2) is 6.86. The minimum Gasteiger partial charge on any atom is -0.314 e. The quantitative estimate of drug-likeness (QED) is 0.888. The number of hydrogen-bond acceptors (Lipinski definition) is 3. The highest BCUT2D eigenvalue weighted by molar-refractivity contribution is 5.09. The van der Waals surface area contributed by atoms with Crippen LogP contribution in [0.25, 0.3) is 0 Å². The van der Waals surface area contributed by atoms with E-state index >= 15 is 0 Å². The summed E-state index contributed by atoms with van der Waals surface area (Å²) in [7, 11) is 0. The van der Waals surface area contributed by atoms with Crippen LogP contribution >= 0.6 is 0 Å². The zero-order valence-corrected chi connectivity index (χ0v) is 11.7. The van der Waals surface area contributed by atoms with Gasteiger partial charge in [0, 0.05) is 24.8 Å². The third-order valence-corrected chi connectivity index (χ3v) is 3.70. The van der Waals surface area contributed by atoms with Gasteiger partial charge in [-0.2, -0.15) is 0 Å². The molecule has 3 nitrogen and oxygen atoms in total. The van der Waals surface area contributed by atoms with Crippen molar-refractivity contribution < 1.29 is 0 Å². The molecule has 1 aliphatic rings. The summed E-state index contributed by atoms with van der Waals surface area (Å²) in [4.78, 5) is 7.15. The van der Waals surface area contributed by atoms with E-state index in [-0.39, 0.29) is 0 Å². The molecule has 1 saturated heterocycles. The molecule has 0 spiro atoms. The third-order valence-electron chi connectivity index (χ3n) is 3.70. The Morgan fingerprint density at radius 1 is 1.39 bits per heavy atom.